The second kappa shape index (κ2) is 9.41. The Morgan fingerprint density at radius 1 is 1.03 bits per heavy atom. The Kier molecular flexibility index (Phi) is 6.46. The molecular weight excluding hydrogens is 388 g/mol. The molecule has 9 heteroatoms. The van der Waals surface area contributed by atoms with Gasteiger partial charge in [-0.2, -0.15) is 9.97 Å². The smallest absolute Gasteiger partial charge is 0.232 e. The van der Waals surface area contributed by atoms with E-state index < -0.39 is 0 Å². The van der Waals surface area contributed by atoms with Crippen LogP contribution in [0.5, 0.6) is 0 Å². The number of hydrogen-bond acceptors (Lipinski definition) is 7. The van der Waals surface area contributed by atoms with Crippen LogP contribution >= 0.6 is 12.2 Å². The van der Waals surface area contributed by atoms with Crippen molar-refractivity contribution in [2.24, 2.45) is 0 Å². The summed E-state index contributed by atoms with van der Waals surface area (Å²) in [4.78, 5) is 14.0. The van der Waals surface area contributed by atoms with Crippen LogP contribution in [-0.2, 0) is 11.3 Å². The molecule has 2 N–H and O–H groups in total. The van der Waals surface area contributed by atoms with Crippen molar-refractivity contribution >= 4 is 34.9 Å². The first-order chi connectivity index (χ1) is 14.2. The number of ether oxygens (including phenoxy) is 1. The number of aromatic nitrogens is 2. The first-order valence-corrected chi connectivity index (χ1v) is 10.6. The van der Waals surface area contributed by atoms with Gasteiger partial charge in [0.1, 0.15) is 23.2 Å². The zero-order valence-corrected chi connectivity index (χ0v) is 17.6. The number of aryl methyl sites for hydroxylation is 1. The SMILES string of the molecule is Cc1ccc(CNC(=S)Nc2nc(N3CCCCC3)cc(N3CCOCC3)n2)o1. The topological polar surface area (TPSA) is 78.7 Å². The maximum atomic E-state index is 5.57. The van der Waals surface area contributed by atoms with Crippen LogP contribution in [0.3, 0.4) is 0 Å². The van der Waals surface area contributed by atoms with E-state index in [1.54, 1.807) is 0 Å². The first-order valence-electron chi connectivity index (χ1n) is 10.2. The van der Waals surface area contributed by atoms with Crippen LogP contribution < -0.4 is 20.4 Å². The van der Waals surface area contributed by atoms with Crippen molar-refractivity contribution in [1.29, 1.82) is 0 Å². The lowest BCUT2D eigenvalue weighted by Gasteiger charge is -2.31. The molecule has 0 radical (unpaired) electrons. The summed E-state index contributed by atoms with van der Waals surface area (Å²) in [5.41, 5.74) is 0. The lowest BCUT2D eigenvalue weighted by molar-refractivity contribution is 0.122. The molecule has 0 aromatic carbocycles. The summed E-state index contributed by atoms with van der Waals surface area (Å²) in [6.07, 6.45) is 3.67. The second-order valence-corrected chi connectivity index (χ2v) is 7.78. The fourth-order valence-electron chi connectivity index (χ4n) is 3.61. The third-order valence-electron chi connectivity index (χ3n) is 5.16. The van der Waals surface area contributed by atoms with Crippen molar-refractivity contribution in [3.8, 4) is 0 Å². The molecule has 0 amide bonds. The van der Waals surface area contributed by atoms with E-state index >= 15 is 0 Å². The number of rotatable bonds is 5. The maximum Gasteiger partial charge on any atom is 0.232 e. The molecule has 156 valence electrons. The van der Waals surface area contributed by atoms with Crippen molar-refractivity contribution in [3.63, 3.8) is 0 Å². The van der Waals surface area contributed by atoms with Gasteiger partial charge in [0, 0.05) is 32.2 Å². The number of furan rings is 1. The molecule has 2 aromatic heterocycles. The molecule has 4 heterocycles. The number of piperidine rings is 1. The molecule has 0 atom stereocenters. The number of morpholine rings is 1. The number of nitrogens with one attached hydrogen (secondary N) is 2. The van der Waals surface area contributed by atoms with Crippen molar-refractivity contribution in [2.75, 3.05) is 54.5 Å². The summed E-state index contributed by atoms with van der Waals surface area (Å²) in [6.45, 7) is 7.59. The Bertz CT molecular complexity index is 794. The van der Waals surface area contributed by atoms with Crippen molar-refractivity contribution < 1.29 is 9.15 Å². The standard InChI is InChI=1S/C20H28N6O2S/c1-15-5-6-16(28-15)14-21-20(29)24-19-22-17(25-7-3-2-4-8-25)13-18(23-19)26-9-11-27-12-10-26/h5-6,13H,2-4,7-12,14H2,1H3,(H2,21,22,23,24,29). The van der Waals surface area contributed by atoms with E-state index in [1.807, 2.05) is 19.1 Å². The van der Waals surface area contributed by atoms with Gasteiger partial charge in [-0.3, -0.25) is 0 Å². The van der Waals surface area contributed by atoms with Crippen molar-refractivity contribution in [1.82, 2.24) is 15.3 Å². The highest BCUT2D eigenvalue weighted by Gasteiger charge is 2.19. The highest BCUT2D eigenvalue weighted by atomic mass is 32.1. The Balaban J connectivity index is 1.48. The molecule has 29 heavy (non-hydrogen) atoms. The van der Waals surface area contributed by atoms with Gasteiger partial charge >= 0.3 is 0 Å². The van der Waals surface area contributed by atoms with Gasteiger partial charge in [0.15, 0.2) is 5.11 Å². The molecule has 2 saturated heterocycles. The van der Waals surface area contributed by atoms with E-state index in [2.05, 4.69) is 26.5 Å². The number of hydrogen-bond donors (Lipinski definition) is 2. The molecule has 4 rings (SSSR count). The number of anilines is 3. The molecule has 8 nitrogen and oxygen atoms in total. The molecule has 0 unspecified atom stereocenters. The molecule has 0 saturated carbocycles. The third-order valence-corrected chi connectivity index (χ3v) is 5.41. The van der Waals surface area contributed by atoms with E-state index in [4.69, 9.17) is 31.3 Å². The average Bonchev–Trinajstić information content (AvgIpc) is 3.18. The molecule has 2 aliphatic rings. The zero-order valence-electron chi connectivity index (χ0n) is 16.8. The summed E-state index contributed by atoms with van der Waals surface area (Å²) in [6, 6.07) is 5.96. The molecule has 2 fully saturated rings. The maximum absolute atomic E-state index is 5.57. The highest BCUT2D eigenvalue weighted by molar-refractivity contribution is 7.80. The van der Waals surface area contributed by atoms with Gasteiger partial charge in [-0.05, 0) is 50.5 Å². The summed E-state index contributed by atoms with van der Waals surface area (Å²) in [7, 11) is 0. The van der Waals surface area contributed by atoms with Crippen LogP contribution in [0.1, 0.15) is 30.8 Å². The normalized spacial score (nSPS) is 17.3. The van der Waals surface area contributed by atoms with Crippen LogP contribution in [0.4, 0.5) is 17.6 Å². The van der Waals surface area contributed by atoms with Crippen LogP contribution in [-0.4, -0.2) is 54.5 Å². The lowest BCUT2D eigenvalue weighted by Crippen LogP contribution is -2.38. The van der Waals surface area contributed by atoms with Crippen LogP contribution in [0.25, 0.3) is 0 Å². The van der Waals surface area contributed by atoms with Gasteiger partial charge in [0.25, 0.3) is 0 Å². The van der Waals surface area contributed by atoms with Gasteiger partial charge in [-0.1, -0.05) is 0 Å². The highest BCUT2D eigenvalue weighted by Crippen LogP contribution is 2.24. The minimum Gasteiger partial charge on any atom is -0.465 e. The van der Waals surface area contributed by atoms with Gasteiger partial charge in [0.05, 0.1) is 19.8 Å². The van der Waals surface area contributed by atoms with E-state index in [0.717, 1.165) is 49.3 Å². The molecule has 2 aliphatic heterocycles. The van der Waals surface area contributed by atoms with Crippen molar-refractivity contribution in [2.45, 2.75) is 32.7 Å². The first kappa shape index (κ1) is 19.9. The van der Waals surface area contributed by atoms with Crippen LogP contribution in [0.15, 0.2) is 22.6 Å². The predicted octanol–water partition coefficient (Wildman–Crippen LogP) is 2.69. The predicted molar refractivity (Wildman–Crippen MR) is 118 cm³/mol. The fourth-order valence-corrected chi connectivity index (χ4v) is 3.77. The van der Waals surface area contributed by atoms with Crippen LogP contribution in [0.2, 0.25) is 0 Å². The summed E-state index contributed by atoms with van der Waals surface area (Å²) < 4.78 is 11.1. The minimum absolute atomic E-state index is 0.475. The van der Waals surface area contributed by atoms with E-state index in [-0.39, 0.29) is 0 Å². The van der Waals surface area contributed by atoms with Gasteiger partial charge in [0.2, 0.25) is 5.95 Å². The Labute approximate surface area is 176 Å². The van der Waals surface area contributed by atoms with Gasteiger partial charge < -0.3 is 29.6 Å². The number of thiocarbonyl (C=S) groups is 1. The molecule has 0 bridgehead atoms. The summed E-state index contributed by atoms with van der Waals surface area (Å²) in [5, 5.41) is 6.78. The van der Waals surface area contributed by atoms with E-state index in [9.17, 15) is 0 Å². The summed E-state index contributed by atoms with van der Waals surface area (Å²) >= 11 is 5.45. The molecule has 2 aromatic rings. The van der Waals surface area contributed by atoms with E-state index in [1.165, 1.54) is 19.3 Å². The molecule has 0 spiro atoms. The molecule has 0 aliphatic carbocycles. The quantitative estimate of drug-likeness (QED) is 0.715. The van der Waals surface area contributed by atoms with Gasteiger partial charge in [-0.25, -0.2) is 0 Å². The van der Waals surface area contributed by atoms with E-state index in [0.29, 0.717) is 30.8 Å². The zero-order chi connectivity index (χ0) is 20.1. The van der Waals surface area contributed by atoms with Gasteiger partial charge in [-0.15, -0.1) is 0 Å². The fraction of sp³-hybridized carbons (Fsp3) is 0.550. The minimum atomic E-state index is 0.475. The Morgan fingerprint density at radius 3 is 2.38 bits per heavy atom. The molecular formula is C20H28N6O2S. The third kappa shape index (κ3) is 5.36. The Morgan fingerprint density at radius 2 is 1.72 bits per heavy atom. The monoisotopic (exact) mass is 416 g/mol. The van der Waals surface area contributed by atoms with Crippen LogP contribution in [0, 0.1) is 6.92 Å². The largest absolute Gasteiger partial charge is 0.465 e. The number of nitrogens with zero attached hydrogens (tertiary/aromatic N) is 4. The lowest BCUT2D eigenvalue weighted by atomic mass is 10.1. The second-order valence-electron chi connectivity index (χ2n) is 7.38. The summed E-state index contributed by atoms with van der Waals surface area (Å²) in [5.74, 6) is 4.10. The Hall–Kier alpha value is -2.39. The average molecular weight is 417 g/mol. The van der Waals surface area contributed by atoms with Crippen molar-refractivity contribution in [3.05, 3.63) is 29.7 Å².